The van der Waals surface area contributed by atoms with Gasteiger partial charge in [-0.1, -0.05) is 48.2 Å². The molecule has 34 heavy (non-hydrogen) atoms. The second kappa shape index (κ2) is 10.5. The number of imide groups is 1. The van der Waals surface area contributed by atoms with Crippen molar-refractivity contribution in [1.29, 1.82) is 0 Å². The van der Waals surface area contributed by atoms with Crippen LogP contribution in [0.4, 0.5) is 4.79 Å². The van der Waals surface area contributed by atoms with Crippen molar-refractivity contribution in [3.05, 3.63) is 83.1 Å². The molecule has 10 heteroatoms. The van der Waals surface area contributed by atoms with Gasteiger partial charge in [-0.25, -0.2) is 9.78 Å². The summed E-state index contributed by atoms with van der Waals surface area (Å²) in [7, 11) is 0. The highest BCUT2D eigenvalue weighted by Gasteiger charge is 2.19. The zero-order valence-corrected chi connectivity index (χ0v) is 20.0. The first-order valence-corrected chi connectivity index (χ1v) is 12.2. The molecule has 0 unspecified atom stereocenters. The first kappa shape index (κ1) is 23.5. The zero-order valence-electron chi connectivity index (χ0n) is 18.4. The Morgan fingerprint density at radius 2 is 2.03 bits per heavy atom. The van der Waals surface area contributed by atoms with E-state index in [9.17, 15) is 14.4 Å². The number of aryl methyl sites for hydroxylation is 1. The van der Waals surface area contributed by atoms with E-state index in [2.05, 4.69) is 22.2 Å². The molecule has 3 aromatic heterocycles. The molecule has 0 aliphatic rings. The van der Waals surface area contributed by atoms with Gasteiger partial charge in [0.25, 0.3) is 5.56 Å². The van der Waals surface area contributed by atoms with E-state index in [1.807, 2.05) is 37.3 Å². The van der Waals surface area contributed by atoms with Gasteiger partial charge in [-0.3, -0.25) is 19.5 Å². The quantitative estimate of drug-likeness (QED) is 0.215. The van der Waals surface area contributed by atoms with Crippen LogP contribution < -0.4 is 16.2 Å². The molecular weight excluding hydrogens is 472 g/mol. The molecule has 1 aromatic carbocycles. The van der Waals surface area contributed by atoms with Crippen LogP contribution in [0.2, 0.25) is 0 Å². The predicted molar refractivity (Wildman–Crippen MR) is 134 cm³/mol. The molecule has 4 rings (SSSR count). The lowest BCUT2D eigenvalue weighted by Gasteiger charge is -2.10. The van der Waals surface area contributed by atoms with Crippen molar-refractivity contribution < 1.29 is 14.0 Å². The SMILES string of the molecule is C=CCn1c(SCC(=O)NC(=O)NCc2ccco2)nc2sc(-c3ccccc3)c(C)c2c1=O. The first-order chi connectivity index (χ1) is 16.5. The maximum absolute atomic E-state index is 13.3. The number of thiophene rings is 1. The summed E-state index contributed by atoms with van der Waals surface area (Å²) in [4.78, 5) is 43.9. The number of carbonyl (C=O) groups is 2. The lowest BCUT2D eigenvalue weighted by atomic mass is 10.1. The van der Waals surface area contributed by atoms with Gasteiger partial charge in [-0.2, -0.15) is 0 Å². The van der Waals surface area contributed by atoms with Gasteiger partial charge in [0.05, 0.1) is 23.9 Å². The second-order valence-electron chi connectivity index (χ2n) is 7.30. The molecular formula is C24H22N4O4S2. The number of hydrogen-bond donors (Lipinski definition) is 2. The molecule has 0 spiro atoms. The van der Waals surface area contributed by atoms with Gasteiger partial charge in [0.15, 0.2) is 5.16 Å². The Kier molecular flexibility index (Phi) is 7.29. The Morgan fingerprint density at radius 1 is 1.24 bits per heavy atom. The smallest absolute Gasteiger partial charge is 0.321 e. The highest BCUT2D eigenvalue weighted by atomic mass is 32.2. The van der Waals surface area contributed by atoms with Crippen LogP contribution in [-0.4, -0.2) is 27.2 Å². The minimum atomic E-state index is -0.629. The minimum absolute atomic E-state index is 0.0842. The number of benzene rings is 1. The molecule has 4 aromatic rings. The van der Waals surface area contributed by atoms with E-state index >= 15 is 0 Å². The van der Waals surface area contributed by atoms with Crippen molar-refractivity contribution >= 4 is 45.3 Å². The fraction of sp³-hybridized carbons (Fsp3) is 0.167. The maximum atomic E-state index is 13.3. The molecule has 3 heterocycles. The molecule has 0 saturated carbocycles. The van der Waals surface area contributed by atoms with Crippen molar-refractivity contribution in [3.8, 4) is 10.4 Å². The van der Waals surface area contributed by atoms with Crippen molar-refractivity contribution in [2.24, 2.45) is 0 Å². The van der Waals surface area contributed by atoms with Crippen LogP contribution >= 0.6 is 23.1 Å². The largest absolute Gasteiger partial charge is 0.467 e. The zero-order chi connectivity index (χ0) is 24.1. The monoisotopic (exact) mass is 494 g/mol. The average molecular weight is 495 g/mol. The number of rotatable bonds is 8. The first-order valence-electron chi connectivity index (χ1n) is 10.4. The topological polar surface area (TPSA) is 106 Å². The number of allylic oxidation sites excluding steroid dienone is 1. The van der Waals surface area contributed by atoms with Crippen LogP contribution in [0, 0.1) is 6.92 Å². The van der Waals surface area contributed by atoms with Crippen LogP contribution in [0.5, 0.6) is 0 Å². The number of aromatic nitrogens is 2. The molecule has 8 nitrogen and oxygen atoms in total. The number of nitrogens with zero attached hydrogens (tertiary/aromatic N) is 2. The summed E-state index contributed by atoms with van der Waals surface area (Å²) >= 11 is 2.54. The molecule has 2 N–H and O–H groups in total. The summed E-state index contributed by atoms with van der Waals surface area (Å²) in [5, 5.41) is 5.77. The maximum Gasteiger partial charge on any atom is 0.321 e. The van der Waals surface area contributed by atoms with E-state index in [0.29, 0.717) is 21.1 Å². The van der Waals surface area contributed by atoms with Crippen LogP contribution in [0.3, 0.4) is 0 Å². The summed E-state index contributed by atoms with van der Waals surface area (Å²) in [6.45, 7) is 6.08. The van der Waals surface area contributed by atoms with Gasteiger partial charge in [0, 0.05) is 11.4 Å². The Hall–Kier alpha value is -3.63. The van der Waals surface area contributed by atoms with E-state index in [4.69, 9.17) is 4.42 Å². The van der Waals surface area contributed by atoms with Crippen LogP contribution in [0.15, 0.2) is 75.8 Å². The van der Waals surface area contributed by atoms with Crippen molar-refractivity contribution in [2.45, 2.75) is 25.2 Å². The van der Waals surface area contributed by atoms with Gasteiger partial charge < -0.3 is 9.73 Å². The summed E-state index contributed by atoms with van der Waals surface area (Å²) in [6.07, 6.45) is 3.11. The number of hydrogen-bond acceptors (Lipinski definition) is 7. The molecule has 0 bridgehead atoms. The molecule has 0 radical (unpaired) electrons. The Labute approximate surface area is 203 Å². The highest BCUT2D eigenvalue weighted by Crippen LogP contribution is 2.36. The predicted octanol–water partition coefficient (Wildman–Crippen LogP) is 4.33. The summed E-state index contributed by atoms with van der Waals surface area (Å²) in [5.41, 5.74) is 1.72. The van der Waals surface area contributed by atoms with Crippen molar-refractivity contribution in [2.75, 3.05) is 5.75 Å². The molecule has 0 aliphatic heterocycles. The fourth-order valence-electron chi connectivity index (χ4n) is 3.38. The molecule has 0 saturated heterocycles. The van der Waals surface area contributed by atoms with Gasteiger partial charge in [-0.05, 0) is 30.2 Å². The number of carbonyl (C=O) groups excluding carboxylic acids is 2. The highest BCUT2D eigenvalue weighted by molar-refractivity contribution is 7.99. The molecule has 0 atom stereocenters. The van der Waals surface area contributed by atoms with E-state index in [0.717, 1.165) is 27.8 Å². The molecule has 0 fully saturated rings. The Morgan fingerprint density at radius 3 is 2.74 bits per heavy atom. The molecule has 174 valence electrons. The summed E-state index contributed by atoms with van der Waals surface area (Å²) in [6, 6.07) is 12.6. The fourth-order valence-corrected chi connectivity index (χ4v) is 5.42. The van der Waals surface area contributed by atoms with Gasteiger partial charge in [-0.15, -0.1) is 17.9 Å². The van der Waals surface area contributed by atoms with Gasteiger partial charge in [0.1, 0.15) is 10.6 Å². The summed E-state index contributed by atoms with van der Waals surface area (Å²) in [5.74, 6) is -0.0167. The number of furan rings is 1. The van der Waals surface area contributed by atoms with Crippen molar-refractivity contribution in [1.82, 2.24) is 20.2 Å². The minimum Gasteiger partial charge on any atom is -0.467 e. The number of amides is 3. The third kappa shape index (κ3) is 5.13. The number of urea groups is 1. The van der Waals surface area contributed by atoms with Crippen LogP contribution in [-0.2, 0) is 17.9 Å². The van der Waals surface area contributed by atoms with Crippen LogP contribution in [0.1, 0.15) is 11.3 Å². The van der Waals surface area contributed by atoms with Gasteiger partial charge in [0.2, 0.25) is 5.91 Å². The van der Waals surface area contributed by atoms with E-state index in [-0.39, 0.29) is 24.4 Å². The van der Waals surface area contributed by atoms with Gasteiger partial charge >= 0.3 is 6.03 Å². The van der Waals surface area contributed by atoms with Crippen molar-refractivity contribution in [3.63, 3.8) is 0 Å². The van der Waals surface area contributed by atoms with E-state index < -0.39 is 11.9 Å². The molecule has 0 aliphatic carbocycles. The summed E-state index contributed by atoms with van der Waals surface area (Å²) < 4.78 is 6.63. The average Bonchev–Trinajstić information content (AvgIpc) is 3.47. The van der Waals surface area contributed by atoms with Crippen LogP contribution in [0.25, 0.3) is 20.7 Å². The lowest BCUT2D eigenvalue weighted by Crippen LogP contribution is -2.40. The standard InChI is InChI=1S/C24H22N4O4S2/c1-3-11-28-22(30)19-15(2)20(16-8-5-4-6-9-16)34-21(19)27-24(28)33-14-18(29)26-23(31)25-13-17-10-7-12-32-17/h3-10,12H,1,11,13-14H2,2H3,(H2,25,26,29,31). The normalized spacial score (nSPS) is 10.9. The third-order valence-corrected chi connectivity index (χ3v) is 7.16. The third-order valence-electron chi connectivity index (χ3n) is 4.95. The lowest BCUT2D eigenvalue weighted by molar-refractivity contribution is -0.117. The number of fused-ring (bicyclic) bond motifs is 1. The van der Waals surface area contributed by atoms with E-state index in [1.165, 1.54) is 22.2 Å². The number of nitrogens with one attached hydrogen (secondary N) is 2. The Balaban J connectivity index is 1.52. The Bertz CT molecular complexity index is 1390. The molecule has 3 amide bonds. The van der Waals surface area contributed by atoms with E-state index in [1.54, 1.807) is 18.2 Å². The second-order valence-corrected chi connectivity index (χ2v) is 9.24. The number of thioether (sulfide) groups is 1.